The van der Waals surface area contributed by atoms with E-state index >= 15 is 0 Å². The zero-order chi connectivity index (χ0) is 13.9. The standard InChI is InChI=1S/C18H20IN/c1-2-20-18(14-9-6-10-15(19)11-14)17-12-16(17)13-7-4-3-5-8-13/h3-11,16-18,20H,2,12H2,1H3. The molecule has 0 spiro atoms. The molecule has 1 aliphatic carbocycles. The van der Waals surface area contributed by atoms with Crippen LogP contribution in [0.3, 0.4) is 0 Å². The van der Waals surface area contributed by atoms with Crippen LogP contribution in [0.5, 0.6) is 0 Å². The smallest absolute Gasteiger partial charge is 0.0354 e. The average molecular weight is 377 g/mol. The van der Waals surface area contributed by atoms with Gasteiger partial charge in [0.1, 0.15) is 0 Å². The fourth-order valence-corrected chi connectivity index (χ4v) is 3.67. The molecule has 0 heterocycles. The minimum absolute atomic E-state index is 0.486. The van der Waals surface area contributed by atoms with Gasteiger partial charge in [-0.05, 0) is 70.7 Å². The summed E-state index contributed by atoms with van der Waals surface area (Å²) in [6.07, 6.45) is 1.30. The van der Waals surface area contributed by atoms with Crippen LogP contribution in [0.4, 0.5) is 0 Å². The molecule has 1 N–H and O–H groups in total. The number of benzene rings is 2. The maximum absolute atomic E-state index is 3.68. The first-order valence-corrected chi connectivity index (χ1v) is 8.41. The second-order valence-electron chi connectivity index (χ2n) is 5.51. The van der Waals surface area contributed by atoms with Crippen LogP contribution in [-0.4, -0.2) is 6.54 Å². The summed E-state index contributed by atoms with van der Waals surface area (Å²) in [6, 6.07) is 20.3. The molecule has 1 nitrogen and oxygen atoms in total. The maximum atomic E-state index is 3.68. The molecule has 3 atom stereocenters. The molecule has 2 aromatic carbocycles. The Hall–Kier alpha value is -0.870. The minimum atomic E-state index is 0.486. The van der Waals surface area contributed by atoms with E-state index in [1.165, 1.54) is 21.1 Å². The summed E-state index contributed by atoms with van der Waals surface area (Å²) in [5.41, 5.74) is 2.92. The predicted molar refractivity (Wildman–Crippen MR) is 92.9 cm³/mol. The largest absolute Gasteiger partial charge is 0.310 e. The van der Waals surface area contributed by atoms with Crippen molar-refractivity contribution in [2.75, 3.05) is 6.54 Å². The van der Waals surface area contributed by atoms with Crippen LogP contribution in [0.15, 0.2) is 54.6 Å². The summed E-state index contributed by atoms with van der Waals surface area (Å²) in [6.45, 7) is 3.22. The lowest BCUT2D eigenvalue weighted by Crippen LogP contribution is -2.23. The first-order chi connectivity index (χ1) is 9.79. The highest BCUT2D eigenvalue weighted by Gasteiger charge is 2.43. The van der Waals surface area contributed by atoms with Crippen molar-refractivity contribution in [2.45, 2.75) is 25.3 Å². The average Bonchev–Trinajstić information content (AvgIpc) is 3.26. The fraction of sp³-hybridized carbons (Fsp3) is 0.333. The number of rotatable bonds is 5. The Kier molecular flexibility index (Phi) is 4.41. The maximum Gasteiger partial charge on any atom is 0.0354 e. The van der Waals surface area contributed by atoms with E-state index in [9.17, 15) is 0 Å². The van der Waals surface area contributed by atoms with Crippen molar-refractivity contribution < 1.29 is 0 Å². The molecule has 0 saturated heterocycles. The first kappa shape index (κ1) is 14.1. The fourth-order valence-electron chi connectivity index (χ4n) is 3.10. The zero-order valence-corrected chi connectivity index (χ0v) is 13.9. The first-order valence-electron chi connectivity index (χ1n) is 7.33. The lowest BCUT2D eigenvalue weighted by atomic mass is 9.99. The second-order valence-corrected chi connectivity index (χ2v) is 6.75. The summed E-state index contributed by atoms with van der Waals surface area (Å²) in [5, 5.41) is 3.68. The molecule has 1 saturated carbocycles. The van der Waals surface area contributed by atoms with Gasteiger partial charge >= 0.3 is 0 Å². The molecular weight excluding hydrogens is 357 g/mol. The third-order valence-electron chi connectivity index (χ3n) is 4.13. The Balaban J connectivity index is 1.80. The van der Waals surface area contributed by atoms with Gasteiger partial charge in [-0.3, -0.25) is 0 Å². The molecule has 3 unspecified atom stereocenters. The van der Waals surface area contributed by atoms with Crippen LogP contribution in [0.25, 0.3) is 0 Å². The Morgan fingerprint density at radius 2 is 1.95 bits per heavy atom. The molecule has 20 heavy (non-hydrogen) atoms. The molecule has 2 aromatic rings. The number of hydrogen-bond donors (Lipinski definition) is 1. The van der Waals surface area contributed by atoms with Crippen LogP contribution in [0.2, 0.25) is 0 Å². The van der Waals surface area contributed by atoms with Crippen molar-refractivity contribution in [2.24, 2.45) is 5.92 Å². The van der Waals surface area contributed by atoms with E-state index in [0.717, 1.165) is 18.4 Å². The van der Waals surface area contributed by atoms with Crippen LogP contribution in [-0.2, 0) is 0 Å². The minimum Gasteiger partial charge on any atom is -0.310 e. The van der Waals surface area contributed by atoms with Crippen molar-refractivity contribution in [1.29, 1.82) is 0 Å². The normalized spacial score (nSPS) is 22.5. The second kappa shape index (κ2) is 6.27. The van der Waals surface area contributed by atoms with E-state index in [-0.39, 0.29) is 0 Å². The molecule has 0 radical (unpaired) electrons. The zero-order valence-electron chi connectivity index (χ0n) is 11.7. The van der Waals surface area contributed by atoms with Gasteiger partial charge in [0.2, 0.25) is 0 Å². The predicted octanol–water partition coefficient (Wildman–Crippen LogP) is 4.75. The molecule has 0 aromatic heterocycles. The summed E-state index contributed by atoms with van der Waals surface area (Å²) in [7, 11) is 0. The van der Waals surface area contributed by atoms with Gasteiger partial charge in [0.05, 0.1) is 0 Å². The number of hydrogen-bond acceptors (Lipinski definition) is 1. The van der Waals surface area contributed by atoms with E-state index in [4.69, 9.17) is 0 Å². The van der Waals surface area contributed by atoms with Crippen LogP contribution in [0, 0.1) is 9.49 Å². The topological polar surface area (TPSA) is 12.0 Å². The highest BCUT2D eigenvalue weighted by molar-refractivity contribution is 14.1. The van der Waals surface area contributed by atoms with Crippen LogP contribution in [0.1, 0.15) is 36.4 Å². The van der Waals surface area contributed by atoms with Crippen LogP contribution >= 0.6 is 22.6 Å². The van der Waals surface area contributed by atoms with E-state index in [0.29, 0.717) is 6.04 Å². The highest BCUT2D eigenvalue weighted by atomic mass is 127. The summed E-state index contributed by atoms with van der Waals surface area (Å²) in [4.78, 5) is 0. The molecule has 3 rings (SSSR count). The van der Waals surface area contributed by atoms with Gasteiger partial charge in [-0.2, -0.15) is 0 Å². The Morgan fingerprint density at radius 3 is 2.65 bits per heavy atom. The van der Waals surface area contributed by atoms with Gasteiger partial charge in [0.25, 0.3) is 0 Å². The van der Waals surface area contributed by atoms with Gasteiger partial charge < -0.3 is 5.32 Å². The molecule has 0 bridgehead atoms. The number of nitrogens with one attached hydrogen (secondary N) is 1. The molecule has 1 aliphatic rings. The van der Waals surface area contributed by atoms with Crippen molar-refractivity contribution in [3.8, 4) is 0 Å². The van der Waals surface area contributed by atoms with Gasteiger partial charge in [0, 0.05) is 9.61 Å². The van der Waals surface area contributed by atoms with Gasteiger partial charge in [0.15, 0.2) is 0 Å². The van der Waals surface area contributed by atoms with Crippen molar-refractivity contribution in [3.63, 3.8) is 0 Å². The molecule has 2 heteroatoms. The Morgan fingerprint density at radius 1 is 1.15 bits per heavy atom. The number of halogens is 1. The van der Waals surface area contributed by atoms with E-state index in [2.05, 4.69) is 89.4 Å². The molecule has 0 amide bonds. The molecule has 0 aliphatic heterocycles. The highest BCUT2D eigenvalue weighted by Crippen LogP contribution is 2.54. The molecule has 104 valence electrons. The van der Waals surface area contributed by atoms with Gasteiger partial charge in [-0.1, -0.05) is 49.4 Å². The lowest BCUT2D eigenvalue weighted by molar-refractivity contribution is 0.487. The van der Waals surface area contributed by atoms with E-state index in [1.807, 2.05) is 0 Å². The van der Waals surface area contributed by atoms with Crippen molar-refractivity contribution >= 4 is 22.6 Å². The molecular formula is C18H20IN. The molecule has 1 fully saturated rings. The van der Waals surface area contributed by atoms with Crippen LogP contribution < -0.4 is 5.32 Å². The quantitative estimate of drug-likeness (QED) is 0.742. The summed E-state index contributed by atoms with van der Waals surface area (Å²) < 4.78 is 1.32. The van der Waals surface area contributed by atoms with Gasteiger partial charge in [-0.15, -0.1) is 0 Å². The summed E-state index contributed by atoms with van der Waals surface area (Å²) in [5.74, 6) is 1.45. The third-order valence-corrected chi connectivity index (χ3v) is 4.80. The van der Waals surface area contributed by atoms with Gasteiger partial charge in [-0.25, -0.2) is 0 Å². The van der Waals surface area contributed by atoms with Crippen molar-refractivity contribution in [1.82, 2.24) is 5.32 Å². The van der Waals surface area contributed by atoms with Crippen molar-refractivity contribution in [3.05, 3.63) is 69.3 Å². The lowest BCUT2D eigenvalue weighted by Gasteiger charge is -2.19. The monoisotopic (exact) mass is 377 g/mol. The Bertz CT molecular complexity index is 567. The third kappa shape index (κ3) is 3.07. The Labute approximate surface area is 134 Å². The van der Waals surface area contributed by atoms with E-state index < -0.39 is 0 Å². The summed E-state index contributed by atoms with van der Waals surface area (Å²) >= 11 is 2.40. The van der Waals surface area contributed by atoms with E-state index in [1.54, 1.807) is 0 Å². The SMILES string of the molecule is CCNC(c1cccc(I)c1)C1CC1c1ccccc1.